The van der Waals surface area contributed by atoms with E-state index in [9.17, 15) is 4.79 Å². The largest absolute Gasteiger partial charge is 0.291 e. The van der Waals surface area contributed by atoms with Crippen LogP contribution in [0.25, 0.3) is 0 Å². The van der Waals surface area contributed by atoms with E-state index >= 15 is 0 Å². The van der Waals surface area contributed by atoms with Gasteiger partial charge in [0.25, 0.3) is 0 Å². The molecule has 0 bridgehead atoms. The van der Waals surface area contributed by atoms with E-state index in [1.807, 2.05) is 5.12 Å². The molecule has 0 aromatic rings. The van der Waals surface area contributed by atoms with Gasteiger partial charge < -0.3 is 0 Å². The van der Waals surface area contributed by atoms with Gasteiger partial charge in [0.2, 0.25) is 0 Å². The van der Waals surface area contributed by atoms with Gasteiger partial charge in [-0.15, -0.1) is 5.12 Å². The number of carbonyl (C=O) groups is 1. The van der Waals surface area contributed by atoms with E-state index in [1.54, 1.807) is 5.12 Å². The number of nitrogens with zero attached hydrogens (tertiary/aromatic N) is 3. The molecule has 0 amide bonds. The first kappa shape index (κ1) is 6.75. The van der Waals surface area contributed by atoms with Gasteiger partial charge in [0.05, 0.1) is 6.21 Å². The summed E-state index contributed by atoms with van der Waals surface area (Å²) in [5.74, 6) is 0.0682. The van der Waals surface area contributed by atoms with Crippen LogP contribution in [-0.4, -0.2) is 41.9 Å². The van der Waals surface area contributed by atoms with Crippen molar-refractivity contribution < 1.29 is 4.79 Å². The van der Waals surface area contributed by atoms with Crippen molar-refractivity contribution in [3.63, 3.8) is 0 Å². The normalized spacial score (nSPS) is 25.5. The first-order valence-electron chi connectivity index (χ1n) is 3.71. The first-order chi connectivity index (χ1) is 5.36. The molecule has 60 valence electrons. The van der Waals surface area contributed by atoms with E-state index in [0.29, 0.717) is 6.54 Å². The fraction of sp³-hybridized carbons (Fsp3) is 0.667. The van der Waals surface area contributed by atoms with Crippen molar-refractivity contribution in [3.8, 4) is 0 Å². The lowest BCUT2D eigenvalue weighted by Gasteiger charge is -2.23. The molecule has 0 atom stereocenters. The highest BCUT2D eigenvalue weighted by atomic mass is 16.1. The Bertz CT molecular complexity index is 197. The molecule has 11 heavy (non-hydrogen) atoms. The van der Waals surface area contributed by atoms with Crippen LogP contribution >= 0.6 is 0 Å². The minimum Gasteiger partial charge on any atom is -0.291 e. The number of Topliss-reactive ketones (excluding diaryl/α,β-unsaturated/α-hetero) is 1. The van der Waals surface area contributed by atoms with Gasteiger partial charge in [0, 0.05) is 13.1 Å². The quantitative estimate of drug-likeness (QED) is 0.525. The maximum absolute atomic E-state index is 10.8. The summed E-state index contributed by atoms with van der Waals surface area (Å²) in [6.07, 6.45) is 2.47. The monoisotopic (exact) mass is 154 g/mol. The molecule has 2 rings (SSSR count). The smallest absolute Gasteiger partial charge is 0.198 e. The molecule has 1 fully saturated rings. The standard InChI is InChI=1S/C6H10N4O/c11-6-4-8-10(5-6)9-3-1-2-7-9/h4,7H,1-3,5H2. The van der Waals surface area contributed by atoms with Crippen molar-refractivity contribution in [1.29, 1.82) is 0 Å². The lowest BCUT2D eigenvalue weighted by atomic mass is 10.4. The summed E-state index contributed by atoms with van der Waals surface area (Å²) in [5.41, 5.74) is 3.11. The minimum absolute atomic E-state index is 0.0682. The third kappa shape index (κ3) is 1.24. The summed E-state index contributed by atoms with van der Waals surface area (Å²) in [6.45, 7) is 2.29. The van der Waals surface area contributed by atoms with Crippen LogP contribution in [0, 0.1) is 0 Å². The van der Waals surface area contributed by atoms with Gasteiger partial charge in [-0.2, -0.15) is 5.10 Å². The van der Waals surface area contributed by atoms with Crippen LogP contribution in [0.1, 0.15) is 6.42 Å². The first-order valence-corrected chi connectivity index (χ1v) is 3.71. The molecular weight excluding hydrogens is 144 g/mol. The van der Waals surface area contributed by atoms with Crippen molar-refractivity contribution in [1.82, 2.24) is 15.7 Å². The summed E-state index contributed by atoms with van der Waals surface area (Å²) in [6, 6.07) is 0. The molecule has 2 aliphatic rings. The van der Waals surface area contributed by atoms with Crippen LogP contribution in [0.15, 0.2) is 5.10 Å². The summed E-state index contributed by atoms with van der Waals surface area (Å²) >= 11 is 0. The predicted molar refractivity (Wildman–Crippen MR) is 39.5 cm³/mol. The van der Waals surface area contributed by atoms with Crippen molar-refractivity contribution in [2.45, 2.75) is 6.42 Å². The third-order valence-electron chi connectivity index (χ3n) is 1.75. The zero-order valence-corrected chi connectivity index (χ0v) is 6.16. The Kier molecular flexibility index (Phi) is 1.59. The molecule has 0 aromatic carbocycles. The van der Waals surface area contributed by atoms with E-state index in [2.05, 4.69) is 10.5 Å². The van der Waals surface area contributed by atoms with E-state index < -0.39 is 0 Å². The number of carbonyl (C=O) groups excluding carboxylic acids is 1. The van der Waals surface area contributed by atoms with Crippen LogP contribution in [0.5, 0.6) is 0 Å². The van der Waals surface area contributed by atoms with E-state index in [0.717, 1.165) is 19.5 Å². The second-order valence-electron chi connectivity index (χ2n) is 2.63. The van der Waals surface area contributed by atoms with E-state index in [-0.39, 0.29) is 5.78 Å². The lowest BCUT2D eigenvalue weighted by Crippen LogP contribution is -2.43. The van der Waals surface area contributed by atoms with Gasteiger partial charge >= 0.3 is 0 Å². The fourth-order valence-corrected chi connectivity index (χ4v) is 1.21. The highest BCUT2D eigenvalue weighted by Crippen LogP contribution is 2.05. The lowest BCUT2D eigenvalue weighted by molar-refractivity contribution is -0.117. The molecule has 2 aliphatic heterocycles. The Hall–Kier alpha value is -0.940. The van der Waals surface area contributed by atoms with Crippen molar-refractivity contribution in [3.05, 3.63) is 0 Å². The summed E-state index contributed by atoms with van der Waals surface area (Å²) in [7, 11) is 0. The van der Waals surface area contributed by atoms with Gasteiger partial charge in [-0.3, -0.25) is 4.79 Å². The van der Waals surface area contributed by atoms with E-state index in [4.69, 9.17) is 0 Å². The maximum atomic E-state index is 10.8. The van der Waals surface area contributed by atoms with Gasteiger partial charge in [-0.25, -0.2) is 10.5 Å². The average Bonchev–Trinajstić information content (AvgIpc) is 2.55. The number of nitrogens with one attached hydrogen (secondary N) is 1. The van der Waals surface area contributed by atoms with Gasteiger partial charge in [-0.1, -0.05) is 0 Å². The van der Waals surface area contributed by atoms with Crippen molar-refractivity contribution in [2.75, 3.05) is 19.6 Å². The van der Waals surface area contributed by atoms with E-state index in [1.165, 1.54) is 6.21 Å². The van der Waals surface area contributed by atoms with Crippen LogP contribution in [0.4, 0.5) is 0 Å². The summed E-state index contributed by atoms with van der Waals surface area (Å²) in [4.78, 5) is 10.8. The number of rotatable bonds is 1. The zero-order chi connectivity index (χ0) is 7.68. The Morgan fingerprint density at radius 1 is 1.64 bits per heavy atom. The zero-order valence-electron chi connectivity index (χ0n) is 6.16. The molecule has 0 spiro atoms. The maximum Gasteiger partial charge on any atom is 0.198 e. The Morgan fingerprint density at radius 2 is 2.55 bits per heavy atom. The number of hydrazone groups is 1. The highest BCUT2D eigenvalue weighted by Gasteiger charge is 2.22. The predicted octanol–water partition coefficient (Wildman–Crippen LogP) is -1.02. The highest BCUT2D eigenvalue weighted by molar-refractivity contribution is 6.29. The minimum atomic E-state index is 0.0682. The van der Waals surface area contributed by atoms with Crippen LogP contribution < -0.4 is 5.43 Å². The number of hydrazine groups is 2. The molecule has 1 N–H and O–H groups in total. The molecule has 0 aromatic heterocycles. The van der Waals surface area contributed by atoms with Crippen molar-refractivity contribution in [2.24, 2.45) is 5.10 Å². The molecule has 0 radical (unpaired) electrons. The van der Waals surface area contributed by atoms with Gasteiger partial charge in [-0.05, 0) is 6.42 Å². The number of hydrogen-bond donors (Lipinski definition) is 1. The summed E-state index contributed by atoms with van der Waals surface area (Å²) in [5, 5.41) is 7.46. The summed E-state index contributed by atoms with van der Waals surface area (Å²) < 4.78 is 0. The molecule has 2 heterocycles. The molecular formula is C6H10N4O. The molecule has 5 nitrogen and oxygen atoms in total. The molecule has 0 unspecified atom stereocenters. The Balaban J connectivity index is 1.96. The second kappa shape index (κ2) is 2.60. The van der Waals surface area contributed by atoms with Crippen LogP contribution in [-0.2, 0) is 4.79 Å². The number of ketones is 1. The molecule has 0 saturated carbocycles. The topological polar surface area (TPSA) is 47.9 Å². The second-order valence-corrected chi connectivity index (χ2v) is 2.63. The fourth-order valence-electron chi connectivity index (χ4n) is 1.21. The Labute approximate surface area is 64.6 Å². The van der Waals surface area contributed by atoms with Crippen LogP contribution in [0.3, 0.4) is 0 Å². The third-order valence-corrected chi connectivity index (χ3v) is 1.75. The van der Waals surface area contributed by atoms with Gasteiger partial charge in [0.15, 0.2) is 5.78 Å². The average molecular weight is 154 g/mol. The van der Waals surface area contributed by atoms with Crippen LogP contribution in [0.2, 0.25) is 0 Å². The van der Waals surface area contributed by atoms with Crippen molar-refractivity contribution >= 4 is 12.0 Å². The SMILES string of the molecule is O=C1C=NN(N2CCCN2)C1. The molecule has 0 aliphatic carbocycles. The molecule has 1 saturated heterocycles. The Morgan fingerprint density at radius 3 is 3.09 bits per heavy atom. The number of hydrogen-bond acceptors (Lipinski definition) is 5. The van der Waals surface area contributed by atoms with Gasteiger partial charge in [0.1, 0.15) is 6.54 Å². The molecule has 5 heteroatoms.